The zero-order valence-corrected chi connectivity index (χ0v) is 10.8. The Labute approximate surface area is 120 Å². The van der Waals surface area contributed by atoms with Gasteiger partial charge in [-0.3, -0.25) is 9.59 Å². The normalized spacial score (nSPS) is 10.7. The van der Waals surface area contributed by atoms with Crippen molar-refractivity contribution in [2.45, 2.75) is 19.8 Å². The van der Waals surface area contributed by atoms with Crippen molar-refractivity contribution in [2.75, 3.05) is 0 Å². The molecule has 82 valence electrons. The Balaban J connectivity index is -0.000000282. The predicted molar refractivity (Wildman–Crippen MR) is 55.3 cm³/mol. The molecule has 0 saturated heterocycles. The molecule has 0 amide bonds. The molecule has 0 spiro atoms. The van der Waals surface area contributed by atoms with Crippen LogP contribution in [0.2, 0.25) is 0 Å². The van der Waals surface area contributed by atoms with Crippen LogP contribution in [0.25, 0.3) is 0 Å². The number of aliphatic carboxylic acids is 1. The van der Waals surface area contributed by atoms with Crippen LogP contribution in [0, 0.1) is 5.92 Å². The number of carboxylic acids is 1. The number of carboxylic acid groups (broad SMARTS) is 1. The van der Waals surface area contributed by atoms with Gasteiger partial charge in [0.25, 0.3) is 0 Å². The van der Waals surface area contributed by atoms with E-state index in [0.29, 0.717) is 6.42 Å². The fourth-order valence-electron chi connectivity index (χ4n) is 0.843. The Morgan fingerprint density at radius 1 is 1.53 bits per heavy atom. The molecule has 0 rings (SSSR count). The SMILES string of the molecule is C=CC(=O)OC(=O)C(CCC)C(=O)O.[Ca+2].[H-].[H-]. The minimum Gasteiger partial charge on any atom is -1.00 e. The zero-order valence-electron chi connectivity index (χ0n) is 10.6. The number of hydrogen-bond acceptors (Lipinski definition) is 4. The summed E-state index contributed by atoms with van der Waals surface area (Å²) in [7, 11) is 0. The molecule has 0 aromatic heterocycles. The summed E-state index contributed by atoms with van der Waals surface area (Å²) >= 11 is 0. The molecule has 0 aromatic rings. The summed E-state index contributed by atoms with van der Waals surface area (Å²) in [6, 6.07) is 0. The molecule has 15 heavy (non-hydrogen) atoms. The van der Waals surface area contributed by atoms with Gasteiger partial charge in [0, 0.05) is 6.08 Å². The maximum absolute atomic E-state index is 11.1. The summed E-state index contributed by atoms with van der Waals surface area (Å²) in [4.78, 5) is 32.2. The summed E-state index contributed by atoms with van der Waals surface area (Å²) in [6.07, 6.45) is 1.48. The molecule has 0 saturated carbocycles. The molecule has 1 N–H and O–H groups in total. The van der Waals surface area contributed by atoms with Crippen molar-refractivity contribution in [2.24, 2.45) is 5.92 Å². The van der Waals surface area contributed by atoms with Crippen LogP contribution in [0.1, 0.15) is 22.6 Å². The van der Waals surface area contributed by atoms with Crippen LogP contribution in [-0.2, 0) is 19.1 Å². The van der Waals surface area contributed by atoms with E-state index >= 15 is 0 Å². The average molecular weight is 242 g/mol. The largest absolute Gasteiger partial charge is 2.00 e. The third kappa shape index (κ3) is 6.65. The van der Waals surface area contributed by atoms with E-state index in [1.54, 1.807) is 6.92 Å². The Morgan fingerprint density at radius 2 is 2.07 bits per heavy atom. The third-order valence-corrected chi connectivity index (χ3v) is 1.53. The fourth-order valence-corrected chi connectivity index (χ4v) is 0.843. The van der Waals surface area contributed by atoms with Crippen LogP contribution in [0.4, 0.5) is 0 Å². The summed E-state index contributed by atoms with van der Waals surface area (Å²) in [5.41, 5.74) is 0. The van der Waals surface area contributed by atoms with Crippen LogP contribution < -0.4 is 0 Å². The maximum Gasteiger partial charge on any atom is 2.00 e. The van der Waals surface area contributed by atoms with Crippen molar-refractivity contribution in [1.82, 2.24) is 0 Å². The van der Waals surface area contributed by atoms with Crippen molar-refractivity contribution in [3.63, 3.8) is 0 Å². The first-order chi connectivity index (χ1) is 6.52. The summed E-state index contributed by atoms with van der Waals surface area (Å²) in [5, 5.41) is 8.62. The van der Waals surface area contributed by atoms with Crippen LogP contribution in [0.15, 0.2) is 12.7 Å². The molecule has 0 aliphatic carbocycles. The summed E-state index contributed by atoms with van der Waals surface area (Å²) in [6.45, 7) is 4.82. The second-order valence-corrected chi connectivity index (χ2v) is 2.62. The van der Waals surface area contributed by atoms with Gasteiger partial charge >= 0.3 is 55.6 Å². The van der Waals surface area contributed by atoms with Gasteiger partial charge in [-0.2, -0.15) is 0 Å². The topological polar surface area (TPSA) is 80.7 Å². The van der Waals surface area contributed by atoms with E-state index in [1.807, 2.05) is 0 Å². The van der Waals surface area contributed by atoms with Crippen LogP contribution in [-0.4, -0.2) is 60.8 Å². The number of carbonyl (C=O) groups is 3. The Hall–Kier alpha value is -0.390. The molecular weight excluding hydrogens is 228 g/mol. The van der Waals surface area contributed by atoms with Crippen LogP contribution >= 0.6 is 0 Å². The number of hydrogen-bond donors (Lipinski definition) is 1. The zero-order chi connectivity index (χ0) is 11.1. The predicted octanol–water partition coefficient (Wildman–Crippen LogP) is 0.587. The summed E-state index contributed by atoms with van der Waals surface area (Å²) in [5.74, 6) is -4.53. The molecule has 1 unspecified atom stereocenters. The number of ether oxygens (including phenoxy) is 1. The fraction of sp³-hybridized carbons (Fsp3) is 0.444. The van der Waals surface area contributed by atoms with E-state index in [-0.39, 0.29) is 47.0 Å². The van der Waals surface area contributed by atoms with Crippen molar-refractivity contribution in [3.8, 4) is 0 Å². The molecule has 0 aliphatic heterocycles. The second-order valence-electron chi connectivity index (χ2n) is 2.62. The van der Waals surface area contributed by atoms with E-state index in [2.05, 4.69) is 11.3 Å². The number of carbonyl (C=O) groups excluding carboxylic acids is 2. The first-order valence-electron chi connectivity index (χ1n) is 4.13. The number of esters is 2. The Kier molecular flexibility index (Phi) is 10.1. The third-order valence-electron chi connectivity index (χ3n) is 1.53. The van der Waals surface area contributed by atoms with Gasteiger partial charge in [-0.25, -0.2) is 4.79 Å². The molecule has 5 nitrogen and oxygen atoms in total. The van der Waals surface area contributed by atoms with E-state index < -0.39 is 23.8 Å². The molecule has 0 bridgehead atoms. The first kappa shape index (κ1) is 17.0. The van der Waals surface area contributed by atoms with Gasteiger partial charge in [0.2, 0.25) is 0 Å². The molecule has 0 aromatic carbocycles. The van der Waals surface area contributed by atoms with Crippen LogP contribution in [0.5, 0.6) is 0 Å². The van der Waals surface area contributed by atoms with Gasteiger partial charge < -0.3 is 12.7 Å². The van der Waals surface area contributed by atoms with Crippen molar-refractivity contribution in [3.05, 3.63) is 12.7 Å². The van der Waals surface area contributed by atoms with Crippen molar-refractivity contribution < 1.29 is 27.1 Å². The standard InChI is InChI=1S/C9H12O5.Ca.2H/c1-3-5-6(8(11)12)9(13)14-7(10)4-2;;;/h4,6H,2-3,5H2,1H3,(H,11,12);;;/q;+2;2*-1. The molecule has 0 radical (unpaired) electrons. The first-order valence-corrected chi connectivity index (χ1v) is 4.13. The molecule has 0 heterocycles. The van der Waals surface area contributed by atoms with E-state index in [9.17, 15) is 14.4 Å². The Morgan fingerprint density at radius 3 is 2.40 bits per heavy atom. The van der Waals surface area contributed by atoms with E-state index in [4.69, 9.17) is 5.11 Å². The molecule has 0 fully saturated rings. The second kappa shape index (κ2) is 8.88. The average Bonchev–Trinajstić information content (AvgIpc) is 2.13. The van der Waals surface area contributed by atoms with Gasteiger partial charge in [0.1, 0.15) is 0 Å². The van der Waals surface area contributed by atoms with E-state index in [1.165, 1.54) is 0 Å². The quantitative estimate of drug-likeness (QED) is 0.330. The summed E-state index contributed by atoms with van der Waals surface area (Å²) < 4.78 is 4.20. The maximum atomic E-state index is 11.1. The van der Waals surface area contributed by atoms with Gasteiger partial charge in [0.15, 0.2) is 5.92 Å². The van der Waals surface area contributed by atoms with Crippen LogP contribution in [0.3, 0.4) is 0 Å². The molecule has 0 aliphatic rings. The molecular formula is C9H14CaO5. The Bertz CT molecular complexity index is 270. The van der Waals surface area contributed by atoms with Gasteiger partial charge in [0.05, 0.1) is 0 Å². The van der Waals surface area contributed by atoms with Gasteiger partial charge in [-0.1, -0.05) is 19.9 Å². The monoisotopic (exact) mass is 242 g/mol. The minimum atomic E-state index is -1.28. The van der Waals surface area contributed by atoms with Gasteiger partial charge in [-0.15, -0.1) is 0 Å². The smallest absolute Gasteiger partial charge is 1.00 e. The number of rotatable bonds is 5. The van der Waals surface area contributed by atoms with Crippen molar-refractivity contribution in [1.29, 1.82) is 0 Å². The van der Waals surface area contributed by atoms with E-state index in [0.717, 1.165) is 6.08 Å². The minimum absolute atomic E-state index is 0. The van der Waals surface area contributed by atoms with Gasteiger partial charge in [-0.05, 0) is 6.42 Å². The molecule has 1 atom stereocenters. The molecule has 6 heteroatoms. The van der Waals surface area contributed by atoms with Crippen molar-refractivity contribution >= 4 is 55.6 Å².